The van der Waals surface area contributed by atoms with E-state index in [1.54, 1.807) is 0 Å². The fourth-order valence-corrected chi connectivity index (χ4v) is 1.80. The van der Waals surface area contributed by atoms with Gasteiger partial charge in [-0.2, -0.15) is 15.0 Å². The first kappa shape index (κ1) is 13.5. The van der Waals surface area contributed by atoms with Crippen molar-refractivity contribution < 1.29 is 13.2 Å². The van der Waals surface area contributed by atoms with Gasteiger partial charge in [0.05, 0.1) is 5.56 Å². The first-order valence-corrected chi connectivity index (χ1v) is 5.97. The van der Waals surface area contributed by atoms with E-state index >= 15 is 0 Å². The van der Waals surface area contributed by atoms with E-state index in [0.717, 1.165) is 0 Å². The molecule has 2 heterocycles. The van der Waals surface area contributed by atoms with Crippen molar-refractivity contribution in [2.75, 3.05) is 0 Å². The third-order valence-electron chi connectivity index (χ3n) is 2.58. The van der Waals surface area contributed by atoms with Crippen LogP contribution < -0.4 is 0 Å². The Labute approximate surface area is 121 Å². The van der Waals surface area contributed by atoms with Crippen molar-refractivity contribution in [1.82, 2.24) is 24.5 Å². The van der Waals surface area contributed by atoms with Gasteiger partial charge in [-0.3, -0.25) is 4.57 Å². The molecule has 1 aromatic carbocycles. The van der Waals surface area contributed by atoms with Crippen molar-refractivity contribution in [3.8, 4) is 17.3 Å². The highest BCUT2D eigenvalue weighted by atomic mass is 35.5. The molecule has 0 N–H and O–H groups in total. The Kier molecular flexibility index (Phi) is 3.30. The van der Waals surface area contributed by atoms with Gasteiger partial charge in [0.15, 0.2) is 17.5 Å². The molecule has 0 saturated carbocycles. The fourth-order valence-electron chi connectivity index (χ4n) is 1.65. The zero-order valence-corrected chi connectivity index (χ0v) is 10.9. The van der Waals surface area contributed by atoms with Crippen LogP contribution in [-0.4, -0.2) is 24.5 Å². The molecule has 106 valence electrons. The molecule has 0 aliphatic rings. The zero-order chi connectivity index (χ0) is 15.0. The number of nitrogens with zero attached hydrogens (tertiary/aromatic N) is 5. The Morgan fingerprint density at radius 2 is 1.71 bits per heavy atom. The van der Waals surface area contributed by atoms with Crippen molar-refractivity contribution in [2.24, 2.45) is 0 Å². The Morgan fingerprint density at radius 1 is 0.952 bits per heavy atom. The molecule has 0 unspecified atom stereocenters. The summed E-state index contributed by atoms with van der Waals surface area (Å²) in [6.45, 7) is 0. The van der Waals surface area contributed by atoms with E-state index in [9.17, 15) is 13.2 Å². The predicted molar refractivity (Wildman–Crippen MR) is 67.3 cm³/mol. The van der Waals surface area contributed by atoms with E-state index in [1.807, 2.05) is 0 Å². The van der Waals surface area contributed by atoms with Crippen LogP contribution in [-0.2, 0) is 0 Å². The molecular weight excluding hydrogens is 307 g/mol. The molecule has 0 aliphatic heterocycles. The lowest BCUT2D eigenvalue weighted by Gasteiger charge is -2.06. The standard InChI is InChI=1S/C12H5ClF3N5/c13-11-18-10(6-3-8(15)9(16)4-7(6)14)19-12(20-11)21-2-1-17-5-21/h1-5H. The minimum absolute atomic E-state index is 0.0756. The highest BCUT2D eigenvalue weighted by Crippen LogP contribution is 2.23. The van der Waals surface area contributed by atoms with Crippen LogP contribution in [0.2, 0.25) is 5.28 Å². The summed E-state index contributed by atoms with van der Waals surface area (Å²) in [5, 5.41) is -0.215. The van der Waals surface area contributed by atoms with Crippen LogP contribution in [0.3, 0.4) is 0 Å². The minimum atomic E-state index is -1.30. The van der Waals surface area contributed by atoms with Crippen LogP contribution in [0.1, 0.15) is 0 Å². The molecule has 3 aromatic rings. The summed E-state index contributed by atoms with van der Waals surface area (Å²) >= 11 is 5.75. The fraction of sp³-hybridized carbons (Fsp3) is 0. The van der Waals surface area contributed by atoms with Crippen LogP contribution in [0.5, 0.6) is 0 Å². The summed E-state index contributed by atoms with van der Waals surface area (Å²) < 4.78 is 41.4. The number of benzene rings is 1. The van der Waals surface area contributed by atoms with E-state index < -0.39 is 17.5 Å². The summed E-state index contributed by atoms with van der Waals surface area (Å²) in [7, 11) is 0. The van der Waals surface area contributed by atoms with E-state index in [4.69, 9.17) is 11.6 Å². The highest BCUT2D eigenvalue weighted by molar-refractivity contribution is 6.28. The van der Waals surface area contributed by atoms with Crippen LogP contribution in [0.4, 0.5) is 13.2 Å². The molecule has 0 radical (unpaired) electrons. The highest BCUT2D eigenvalue weighted by Gasteiger charge is 2.16. The van der Waals surface area contributed by atoms with Gasteiger partial charge in [0.25, 0.3) is 0 Å². The summed E-state index contributed by atoms with van der Waals surface area (Å²) in [4.78, 5) is 15.3. The van der Waals surface area contributed by atoms with Crippen molar-refractivity contribution in [3.05, 3.63) is 53.6 Å². The van der Waals surface area contributed by atoms with Crippen LogP contribution >= 0.6 is 11.6 Å². The third kappa shape index (κ3) is 2.57. The first-order chi connectivity index (χ1) is 10.0. The minimum Gasteiger partial charge on any atom is -0.274 e. The largest absolute Gasteiger partial charge is 0.274 e. The van der Waals surface area contributed by atoms with Gasteiger partial charge in [-0.1, -0.05) is 0 Å². The molecule has 0 saturated heterocycles. The first-order valence-electron chi connectivity index (χ1n) is 5.59. The van der Waals surface area contributed by atoms with Crippen molar-refractivity contribution >= 4 is 11.6 Å². The van der Waals surface area contributed by atoms with Crippen LogP contribution in [0, 0.1) is 17.5 Å². The second kappa shape index (κ2) is 5.13. The summed E-state index contributed by atoms with van der Waals surface area (Å²) in [6.07, 6.45) is 4.42. The van der Waals surface area contributed by atoms with Gasteiger partial charge < -0.3 is 0 Å². The smallest absolute Gasteiger partial charge is 0.239 e. The summed E-state index contributed by atoms with van der Waals surface area (Å²) in [5.41, 5.74) is -0.320. The predicted octanol–water partition coefficient (Wildman–Crippen LogP) is 2.79. The van der Waals surface area contributed by atoms with Gasteiger partial charge in [-0.15, -0.1) is 0 Å². The second-order valence-electron chi connectivity index (χ2n) is 3.94. The second-order valence-corrected chi connectivity index (χ2v) is 4.28. The maximum Gasteiger partial charge on any atom is 0.239 e. The number of rotatable bonds is 2. The van der Waals surface area contributed by atoms with E-state index in [2.05, 4.69) is 19.9 Å². The average Bonchev–Trinajstić information content (AvgIpc) is 2.96. The Bertz CT molecular complexity index is 807. The number of imidazole rings is 1. The number of hydrogen-bond donors (Lipinski definition) is 0. The Balaban J connectivity index is 2.17. The maximum atomic E-state index is 13.8. The van der Waals surface area contributed by atoms with Crippen molar-refractivity contribution in [3.63, 3.8) is 0 Å². The third-order valence-corrected chi connectivity index (χ3v) is 2.75. The van der Waals surface area contributed by atoms with Crippen LogP contribution in [0.25, 0.3) is 17.3 Å². The normalized spacial score (nSPS) is 10.9. The molecule has 0 spiro atoms. The zero-order valence-electron chi connectivity index (χ0n) is 10.1. The SMILES string of the molecule is Fc1cc(F)c(-c2nc(Cl)nc(-n3ccnc3)n2)cc1F. The molecule has 9 heteroatoms. The molecule has 5 nitrogen and oxygen atoms in total. The summed E-state index contributed by atoms with van der Waals surface area (Å²) in [5.74, 6) is -3.66. The lowest BCUT2D eigenvalue weighted by atomic mass is 10.2. The van der Waals surface area contributed by atoms with Crippen LogP contribution in [0.15, 0.2) is 30.9 Å². The topological polar surface area (TPSA) is 56.5 Å². The molecule has 0 amide bonds. The molecule has 0 atom stereocenters. The number of aromatic nitrogens is 5. The molecule has 0 fully saturated rings. The molecule has 21 heavy (non-hydrogen) atoms. The molecule has 0 bridgehead atoms. The van der Waals surface area contributed by atoms with Gasteiger partial charge in [-0.25, -0.2) is 18.2 Å². The lowest BCUT2D eigenvalue weighted by molar-refractivity contribution is 0.496. The van der Waals surface area contributed by atoms with Gasteiger partial charge >= 0.3 is 0 Å². The van der Waals surface area contributed by atoms with Gasteiger partial charge in [0, 0.05) is 18.5 Å². The summed E-state index contributed by atoms with van der Waals surface area (Å²) in [6, 6.07) is 1.08. The Hall–Kier alpha value is -2.48. The van der Waals surface area contributed by atoms with Crippen molar-refractivity contribution in [2.45, 2.75) is 0 Å². The quantitative estimate of drug-likeness (QED) is 0.683. The van der Waals surface area contributed by atoms with Gasteiger partial charge in [-0.05, 0) is 17.7 Å². The monoisotopic (exact) mass is 311 g/mol. The van der Waals surface area contributed by atoms with Gasteiger partial charge in [0.2, 0.25) is 11.2 Å². The van der Waals surface area contributed by atoms with Gasteiger partial charge in [0.1, 0.15) is 12.1 Å². The molecule has 3 rings (SSSR count). The Morgan fingerprint density at radius 3 is 2.43 bits per heavy atom. The van der Waals surface area contributed by atoms with E-state index in [0.29, 0.717) is 12.1 Å². The number of hydrogen-bond acceptors (Lipinski definition) is 4. The van der Waals surface area contributed by atoms with Crippen molar-refractivity contribution in [1.29, 1.82) is 0 Å². The lowest BCUT2D eigenvalue weighted by Crippen LogP contribution is -2.04. The molecule has 0 aliphatic carbocycles. The maximum absolute atomic E-state index is 13.8. The van der Waals surface area contributed by atoms with E-state index in [-0.39, 0.29) is 22.6 Å². The molecule has 2 aromatic heterocycles. The van der Waals surface area contributed by atoms with E-state index in [1.165, 1.54) is 23.3 Å². The average molecular weight is 312 g/mol. The molecular formula is C12H5ClF3N5. The number of halogens is 4.